The van der Waals surface area contributed by atoms with Gasteiger partial charge in [-0.1, -0.05) is 36.2 Å². The van der Waals surface area contributed by atoms with Gasteiger partial charge in [-0.2, -0.15) is 0 Å². The molecule has 0 aliphatic rings. The summed E-state index contributed by atoms with van der Waals surface area (Å²) in [5.74, 6) is -0.110. The summed E-state index contributed by atoms with van der Waals surface area (Å²) in [5.41, 5.74) is 2.37. The number of hydrogen-bond acceptors (Lipinski definition) is 3. The van der Waals surface area contributed by atoms with E-state index >= 15 is 0 Å². The minimum atomic E-state index is -0.110. The van der Waals surface area contributed by atoms with Crippen LogP contribution in [0.5, 0.6) is 0 Å². The maximum atomic E-state index is 12.1. The molecule has 128 valence electrons. The third-order valence-corrected chi connectivity index (χ3v) is 4.32. The number of carbonyl (C=O) groups excluding carboxylic acids is 1. The molecule has 0 fully saturated rings. The number of anilines is 1. The number of carbonyl (C=O) groups is 1. The highest BCUT2D eigenvalue weighted by atomic mass is 35.5. The lowest BCUT2D eigenvalue weighted by Gasteiger charge is -2.12. The van der Waals surface area contributed by atoms with Crippen LogP contribution < -0.4 is 10.6 Å². The van der Waals surface area contributed by atoms with Gasteiger partial charge in [0.15, 0.2) is 0 Å². The zero-order valence-electron chi connectivity index (χ0n) is 13.8. The molecule has 1 heterocycles. The summed E-state index contributed by atoms with van der Waals surface area (Å²) in [5, 5.41) is 7.48. The Kier molecular flexibility index (Phi) is 6.88. The van der Waals surface area contributed by atoms with Crippen molar-refractivity contribution in [3.63, 3.8) is 0 Å². The van der Waals surface area contributed by atoms with Crippen molar-refractivity contribution in [1.82, 2.24) is 10.3 Å². The van der Waals surface area contributed by atoms with Crippen LogP contribution in [0.3, 0.4) is 0 Å². The van der Waals surface area contributed by atoms with Crippen LogP contribution in [0, 0.1) is 0 Å². The average molecular weight is 366 g/mol. The molecule has 4 nitrogen and oxygen atoms in total. The fraction of sp³-hybridized carbons (Fsp3) is 0.333. The molecule has 2 aromatic rings. The number of amides is 1. The Morgan fingerprint density at radius 3 is 2.75 bits per heavy atom. The molecule has 0 saturated carbocycles. The maximum Gasteiger partial charge on any atom is 0.253 e. The quantitative estimate of drug-likeness (QED) is 0.755. The Bertz CT molecular complexity index is 706. The van der Waals surface area contributed by atoms with E-state index in [2.05, 4.69) is 15.6 Å². The Hall–Kier alpha value is -1.78. The normalized spacial score (nSPS) is 11.8. The lowest BCUT2D eigenvalue weighted by Crippen LogP contribution is -2.32. The standard InChI is InChI=1S/C18H21Cl2N3O/c1-3-12(2)23-18(24)14-8-16(11-21-10-14)22-7-6-13-4-5-15(19)9-17(13)20/h4-5,8-12,22H,3,6-7H2,1-2H3,(H,23,24). The van der Waals surface area contributed by atoms with Gasteiger partial charge in [0.1, 0.15) is 0 Å². The lowest BCUT2D eigenvalue weighted by molar-refractivity contribution is 0.0939. The van der Waals surface area contributed by atoms with E-state index in [1.54, 1.807) is 24.5 Å². The minimum Gasteiger partial charge on any atom is -0.383 e. The summed E-state index contributed by atoms with van der Waals surface area (Å²) < 4.78 is 0. The van der Waals surface area contributed by atoms with Crippen LogP contribution in [0.15, 0.2) is 36.7 Å². The average Bonchev–Trinajstić information content (AvgIpc) is 2.57. The van der Waals surface area contributed by atoms with Gasteiger partial charge in [0, 0.05) is 35.0 Å². The van der Waals surface area contributed by atoms with E-state index in [9.17, 15) is 4.79 Å². The van der Waals surface area contributed by atoms with Gasteiger partial charge in [0.2, 0.25) is 0 Å². The number of rotatable bonds is 7. The van der Waals surface area contributed by atoms with Crippen LogP contribution in [0.2, 0.25) is 10.0 Å². The monoisotopic (exact) mass is 365 g/mol. The molecular formula is C18H21Cl2N3O. The molecule has 2 rings (SSSR count). The van der Waals surface area contributed by atoms with Crippen LogP contribution in [-0.4, -0.2) is 23.5 Å². The van der Waals surface area contributed by atoms with Crippen molar-refractivity contribution in [2.45, 2.75) is 32.7 Å². The molecule has 1 unspecified atom stereocenters. The summed E-state index contributed by atoms with van der Waals surface area (Å²) in [6, 6.07) is 7.42. The largest absolute Gasteiger partial charge is 0.383 e. The maximum absolute atomic E-state index is 12.1. The van der Waals surface area contributed by atoms with Crippen molar-refractivity contribution in [3.05, 3.63) is 57.8 Å². The van der Waals surface area contributed by atoms with Crippen molar-refractivity contribution >= 4 is 34.8 Å². The molecule has 1 aromatic carbocycles. The highest BCUT2D eigenvalue weighted by Crippen LogP contribution is 2.21. The van der Waals surface area contributed by atoms with Crippen LogP contribution in [-0.2, 0) is 6.42 Å². The lowest BCUT2D eigenvalue weighted by atomic mass is 10.1. The molecule has 0 aliphatic carbocycles. The fourth-order valence-electron chi connectivity index (χ4n) is 2.14. The minimum absolute atomic E-state index is 0.110. The van der Waals surface area contributed by atoms with Crippen LogP contribution in [0.4, 0.5) is 5.69 Å². The number of pyridine rings is 1. The molecule has 1 atom stereocenters. The van der Waals surface area contributed by atoms with Gasteiger partial charge in [-0.15, -0.1) is 0 Å². The molecule has 0 aliphatic heterocycles. The first-order valence-corrected chi connectivity index (χ1v) is 8.69. The third kappa shape index (κ3) is 5.39. The van der Waals surface area contributed by atoms with Crippen molar-refractivity contribution in [3.8, 4) is 0 Å². The van der Waals surface area contributed by atoms with Crippen molar-refractivity contribution in [1.29, 1.82) is 0 Å². The number of nitrogens with zero attached hydrogens (tertiary/aromatic N) is 1. The van der Waals surface area contributed by atoms with Crippen LogP contribution >= 0.6 is 23.2 Å². The molecule has 6 heteroatoms. The zero-order valence-corrected chi connectivity index (χ0v) is 15.3. The predicted octanol–water partition coefficient (Wildman–Crippen LogP) is 4.57. The van der Waals surface area contributed by atoms with Gasteiger partial charge in [-0.05, 0) is 43.5 Å². The topological polar surface area (TPSA) is 54.0 Å². The van der Waals surface area contributed by atoms with E-state index in [0.29, 0.717) is 22.2 Å². The summed E-state index contributed by atoms with van der Waals surface area (Å²) >= 11 is 12.1. The summed E-state index contributed by atoms with van der Waals surface area (Å²) in [4.78, 5) is 16.3. The van der Waals surface area contributed by atoms with Crippen molar-refractivity contribution < 1.29 is 4.79 Å². The van der Waals surface area contributed by atoms with E-state index in [-0.39, 0.29) is 11.9 Å². The van der Waals surface area contributed by atoms with Gasteiger partial charge >= 0.3 is 0 Å². The van der Waals surface area contributed by atoms with E-state index in [1.165, 1.54) is 0 Å². The second kappa shape index (κ2) is 8.90. The molecule has 1 amide bonds. The Labute approximate surface area is 152 Å². The SMILES string of the molecule is CCC(C)NC(=O)c1cncc(NCCc2ccc(Cl)cc2Cl)c1. The van der Waals surface area contributed by atoms with Crippen LogP contribution in [0.25, 0.3) is 0 Å². The smallest absolute Gasteiger partial charge is 0.253 e. The number of aromatic nitrogens is 1. The summed E-state index contributed by atoms with van der Waals surface area (Å²) in [6.45, 7) is 4.69. The summed E-state index contributed by atoms with van der Waals surface area (Å²) in [6.07, 6.45) is 4.90. The first-order chi connectivity index (χ1) is 11.5. The van der Waals surface area contributed by atoms with Crippen molar-refractivity contribution in [2.24, 2.45) is 0 Å². The number of hydrogen-bond donors (Lipinski definition) is 2. The number of halogens is 2. The molecule has 0 spiro atoms. The van der Waals surface area contributed by atoms with Crippen molar-refractivity contribution in [2.75, 3.05) is 11.9 Å². The van der Waals surface area contributed by atoms with Gasteiger partial charge in [-0.3, -0.25) is 9.78 Å². The number of benzene rings is 1. The van der Waals surface area contributed by atoms with E-state index in [4.69, 9.17) is 23.2 Å². The molecule has 0 saturated heterocycles. The number of nitrogens with one attached hydrogen (secondary N) is 2. The van der Waals surface area contributed by atoms with E-state index in [0.717, 1.165) is 24.1 Å². The molecule has 0 radical (unpaired) electrons. The zero-order chi connectivity index (χ0) is 17.5. The van der Waals surface area contributed by atoms with Gasteiger partial charge < -0.3 is 10.6 Å². The van der Waals surface area contributed by atoms with Gasteiger partial charge in [-0.25, -0.2) is 0 Å². The fourth-order valence-corrected chi connectivity index (χ4v) is 2.64. The van der Waals surface area contributed by atoms with E-state index in [1.807, 2.05) is 26.0 Å². The second-order valence-electron chi connectivity index (χ2n) is 5.66. The molecule has 2 N–H and O–H groups in total. The van der Waals surface area contributed by atoms with Crippen LogP contribution in [0.1, 0.15) is 36.2 Å². The van der Waals surface area contributed by atoms with E-state index < -0.39 is 0 Å². The predicted molar refractivity (Wildman–Crippen MR) is 100 cm³/mol. The Morgan fingerprint density at radius 1 is 1.25 bits per heavy atom. The Morgan fingerprint density at radius 2 is 2.04 bits per heavy atom. The van der Waals surface area contributed by atoms with Gasteiger partial charge in [0.05, 0.1) is 11.3 Å². The molecule has 1 aromatic heterocycles. The molecule has 24 heavy (non-hydrogen) atoms. The highest BCUT2D eigenvalue weighted by Gasteiger charge is 2.09. The third-order valence-electron chi connectivity index (χ3n) is 3.73. The Balaban J connectivity index is 1.93. The molecular weight excluding hydrogens is 345 g/mol. The first-order valence-electron chi connectivity index (χ1n) is 7.93. The molecule has 0 bridgehead atoms. The van der Waals surface area contributed by atoms with Gasteiger partial charge in [0.25, 0.3) is 5.91 Å². The highest BCUT2D eigenvalue weighted by molar-refractivity contribution is 6.35. The first kappa shape index (κ1) is 18.6. The summed E-state index contributed by atoms with van der Waals surface area (Å²) in [7, 11) is 0. The second-order valence-corrected chi connectivity index (χ2v) is 6.50.